The highest BCUT2D eigenvalue weighted by Gasteiger charge is 2.32. The highest BCUT2D eigenvalue weighted by atomic mass is 19.4. The molecule has 0 saturated carbocycles. The summed E-state index contributed by atoms with van der Waals surface area (Å²) in [7, 11) is 0. The Labute approximate surface area is 176 Å². The fraction of sp³-hybridized carbons (Fsp3) is 0.200. The zero-order valence-electron chi connectivity index (χ0n) is 16.7. The first-order chi connectivity index (χ1) is 14.7. The quantitative estimate of drug-likeness (QED) is 0.396. The maximum Gasteiger partial charge on any atom is 0.573 e. The SMILES string of the molecule is CCc1ccc(C2=CCc3cc(-c4ccc(OC(F)(F)F)c(F)c4)c(F)cc3C2)cc1. The first-order valence-corrected chi connectivity index (χ1v) is 9.89. The Kier molecular flexibility index (Phi) is 5.56. The number of fused-ring (bicyclic) bond motifs is 1. The summed E-state index contributed by atoms with van der Waals surface area (Å²) in [4.78, 5) is 0. The van der Waals surface area contributed by atoms with Gasteiger partial charge in [-0.25, -0.2) is 8.78 Å². The molecule has 0 radical (unpaired) electrons. The van der Waals surface area contributed by atoms with Gasteiger partial charge in [-0.2, -0.15) is 0 Å². The van der Waals surface area contributed by atoms with Gasteiger partial charge in [0.1, 0.15) is 5.82 Å². The summed E-state index contributed by atoms with van der Waals surface area (Å²) >= 11 is 0. The summed E-state index contributed by atoms with van der Waals surface area (Å²) in [6, 6.07) is 14.3. The fourth-order valence-corrected chi connectivity index (χ4v) is 3.80. The number of rotatable bonds is 4. The molecule has 0 fully saturated rings. The number of halogens is 5. The van der Waals surface area contributed by atoms with Crippen LogP contribution in [0.25, 0.3) is 16.7 Å². The predicted molar refractivity (Wildman–Crippen MR) is 110 cm³/mol. The van der Waals surface area contributed by atoms with Gasteiger partial charge in [0, 0.05) is 5.56 Å². The van der Waals surface area contributed by atoms with Gasteiger partial charge in [0.2, 0.25) is 0 Å². The second-order valence-corrected chi connectivity index (χ2v) is 7.45. The van der Waals surface area contributed by atoms with Gasteiger partial charge in [0.25, 0.3) is 0 Å². The van der Waals surface area contributed by atoms with Crippen LogP contribution in [-0.2, 0) is 19.3 Å². The Morgan fingerprint density at radius 3 is 2.19 bits per heavy atom. The predicted octanol–water partition coefficient (Wildman–Crippen LogP) is 7.28. The van der Waals surface area contributed by atoms with Crippen molar-refractivity contribution in [1.82, 2.24) is 0 Å². The van der Waals surface area contributed by atoms with Crippen molar-refractivity contribution >= 4 is 5.57 Å². The topological polar surface area (TPSA) is 9.23 Å². The molecule has 4 rings (SSSR count). The van der Waals surface area contributed by atoms with Gasteiger partial charge in [0.15, 0.2) is 11.6 Å². The maximum absolute atomic E-state index is 14.8. The van der Waals surface area contributed by atoms with Crippen molar-refractivity contribution < 1.29 is 26.7 Å². The van der Waals surface area contributed by atoms with E-state index in [1.165, 1.54) is 17.7 Å². The van der Waals surface area contributed by atoms with Crippen molar-refractivity contribution in [1.29, 1.82) is 0 Å². The molecular formula is C25H19F5O. The van der Waals surface area contributed by atoms with Crippen LogP contribution in [0.2, 0.25) is 0 Å². The van der Waals surface area contributed by atoms with Crippen molar-refractivity contribution in [3.05, 3.63) is 94.6 Å². The van der Waals surface area contributed by atoms with E-state index in [1.807, 2.05) is 0 Å². The third-order valence-electron chi connectivity index (χ3n) is 5.44. The Morgan fingerprint density at radius 1 is 0.839 bits per heavy atom. The number of allylic oxidation sites excluding steroid dienone is 2. The Morgan fingerprint density at radius 2 is 1.55 bits per heavy atom. The molecular weight excluding hydrogens is 411 g/mol. The van der Waals surface area contributed by atoms with E-state index < -0.39 is 23.7 Å². The first-order valence-electron chi connectivity index (χ1n) is 9.89. The maximum atomic E-state index is 14.8. The van der Waals surface area contributed by atoms with Gasteiger partial charge in [-0.15, -0.1) is 13.2 Å². The van der Waals surface area contributed by atoms with Crippen molar-refractivity contribution in [3.8, 4) is 16.9 Å². The first kappa shape index (κ1) is 21.1. The van der Waals surface area contributed by atoms with E-state index in [1.54, 1.807) is 6.07 Å². The Hall–Kier alpha value is -3.15. The van der Waals surface area contributed by atoms with Crippen LogP contribution in [0.15, 0.2) is 60.7 Å². The van der Waals surface area contributed by atoms with Crippen LogP contribution >= 0.6 is 0 Å². The minimum atomic E-state index is -5.00. The Bertz CT molecular complexity index is 1140. The summed E-state index contributed by atoms with van der Waals surface area (Å²) in [5.74, 6) is -2.70. The summed E-state index contributed by atoms with van der Waals surface area (Å²) in [6.45, 7) is 2.09. The minimum Gasteiger partial charge on any atom is -0.403 e. The van der Waals surface area contributed by atoms with E-state index in [4.69, 9.17) is 0 Å². The summed E-state index contributed by atoms with van der Waals surface area (Å²) in [6.07, 6.45) is -0.790. The molecule has 0 atom stereocenters. The molecule has 0 heterocycles. The lowest BCUT2D eigenvalue weighted by Gasteiger charge is -2.19. The average molecular weight is 430 g/mol. The number of alkyl halides is 3. The molecule has 3 aromatic carbocycles. The Balaban J connectivity index is 1.61. The number of hydrogen-bond acceptors (Lipinski definition) is 1. The molecule has 3 aromatic rings. The summed E-state index contributed by atoms with van der Waals surface area (Å²) in [5.41, 5.74) is 5.49. The summed E-state index contributed by atoms with van der Waals surface area (Å²) < 4.78 is 69.6. The smallest absolute Gasteiger partial charge is 0.403 e. The number of aryl methyl sites for hydroxylation is 1. The fourth-order valence-electron chi connectivity index (χ4n) is 3.80. The molecule has 1 aliphatic carbocycles. The standard InChI is InChI=1S/C25H19F5O/c1-2-15-3-5-16(6-4-15)17-7-8-18-12-21(22(26)14-20(18)11-17)19-9-10-24(23(27)13-19)31-25(28,29)30/h3-7,9-10,12-14H,2,8,11H2,1H3. The highest BCUT2D eigenvalue weighted by Crippen LogP contribution is 2.35. The van der Waals surface area contributed by atoms with Crippen LogP contribution in [0, 0.1) is 11.6 Å². The normalized spacial score (nSPS) is 13.5. The molecule has 160 valence electrons. The molecule has 1 aliphatic rings. The monoisotopic (exact) mass is 430 g/mol. The van der Waals surface area contributed by atoms with E-state index in [-0.39, 0.29) is 11.1 Å². The van der Waals surface area contributed by atoms with Gasteiger partial charge in [0.05, 0.1) is 0 Å². The highest BCUT2D eigenvalue weighted by molar-refractivity contribution is 5.73. The molecule has 0 amide bonds. The molecule has 0 N–H and O–H groups in total. The molecule has 0 unspecified atom stereocenters. The summed E-state index contributed by atoms with van der Waals surface area (Å²) in [5, 5.41) is 0. The van der Waals surface area contributed by atoms with Crippen molar-refractivity contribution in [2.75, 3.05) is 0 Å². The number of hydrogen-bond donors (Lipinski definition) is 0. The second-order valence-electron chi connectivity index (χ2n) is 7.45. The van der Waals surface area contributed by atoms with Crippen LogP contribution in [0.1, 0.15) is 29.2 Å². The molecule has 0 aromatic heterocycles. The van der Waals surface area contributed by atoms with Gasteiger partial charge in [-0.3, -0.25) is 0 Å². The van der Waals surface area contributed by atoms with Gasteiger partial charge >= 0.3 is 6.36 Å². The van der Waals surface area contributed by atoms with E-state index in [9.17, 15) is 22.0 Å². The van der Waals surface area contributed by atoms with Crippen LogP contribution in [0.4, 0.5) is 22.0 Å². The van der Waals surface area contributed by atoms with Crippen LogP contribution < -0.4 is 4.74 Å². The minimum absolute atomic E-state index is 0.139. The molecule has 1 nitrogen and oxygen atoms in total. The van der Waals surface area contributed by atoms with Crippen molar-refractivity contribution in [3.63, 3.8) is 0 Å². The average Bonchev–Trinajstić information content (AvgIpc) is 2.73. The number of ether oxygens (including phenoxy) is 1. The second kappa shape index (κ2) is 8.17. The molecule has 0 bridgehead atoms. The van der Waals surface area contributed by atoms with Crippen LogP contribution in [0.5, 0.6) is 5.75 Å². The van der Waals surface area contributed by atoms with E-state index >= 15 is 0 Å². The van der Waals surface area contributed by atoms with Crippen LogP contribution in [-0.4, -0.2) is 6.36 Å². The molecule has 0 saturated heterocycles. The van der Waals surface area contributed by atoms with Crippen LogP contribution in [0.3, 0.4) is 0 Å². The van der Waals surface area contributed by atoms with E-state index in [2.05, 4.69) is 42.0 Å². The molecule has 0 aliphatic heterocycles. The van der Waals surface area contributed by atoms with E-state index in [0.717, 1.165) is 40.8 Å². The molecule has 6 heteroatoms. The van der Waals surface area contributed by atoms with E-state index in [0.29, 0.717) is 12.8 Å². The molecule has 31 heavy (non-hydrogen) atoms. The third kappa shape index (κ3) is 4.63. The van der Waals surface area contributed by atoms with Gasteiger partial charge < -0.3 is 4.74 Å². The number of benzene rings is 3. The van der Waals surface area contributed by atoms with Crippen molar-refractivity contribution in [2.24, 2.45) is 0 Å². The lowest BCUT2D eigenvalue weighted by Crippen LogP contribution is -2.17. The van der Waals surface area contributed by atoms with Crippen molar-refractivity contribution in [2.45, 2.75) is 32.5 Å². The van der Waals surface area contributed by atoms with Gasteiger partial charge in [-0.1, -0.05) is 43.3 Å². The zero-order chi connectivity index (χ0) is 22.2. The third-order valence-corrected chi connectivity index (χ3v) is 5.44. The lowest BCUT2D eigenvalue weighted by atomic mass is 9.86. The largest absolute Gasteiger partial charge is 0.573 e. The molecule has 0 spiro atoms. The van der Waals surface area contributed by atoms with Gasteiger partial charge in [-0.05, 0) is 76.9 Å². The lowest BCUT2D eigenvalue weighted by molar-refractivity contribution is -0.275. The zero-order valence-corrected chi connectivity index (χ0v) is 16.7.